The molecule has 9 aromatic rings. The molecule has 0 N–H and O–H groups in total. The van der Waals surface area contributed by atoms with Crippen LogP contribution in [0.25, 0.3) is 65.7 Å². The molecule has 1 aromatic heterocycles. The van der Waals surface area contributed by atoms with Crippen LogP contribution in [-0.4, -0.2) is 0 Å². The van der Waals surface area contributed by atoms with Crippen LogP contribution in [0.2, 0.25) is 0 Å². The van der Waals surface area contributed by atoms with Crippen LogP contribution in [0.4, 0.5) is 17.1 Å². The van der Waals surface area contributed by atoms with E-state index < -0.39 is 0 Å². The first-order valence-corrected chi connectivity index (χ1v) is 17.0. The highest BCUT2D eigenvalue weighted by molar-refractivity contribution is 6.19. The van der Waals surface area contributed by atoms with Crippen molar-refractivity contribution in [3.8, 4) is 22.3 Å². The van der Waals surface area contributed by atoms with Crippen molar-refractivity contribution in [2.24, 2.45) is 0 Å². The molecule has 0 saturated heterocycles. The lowest BCUT2D eigenvalue weighted by atomic mass is 9.81. The molecule has 0 fully saturated rings. The molecule has 1 aliphatic carbocycles. The lowest BCUT2D eigenvalue weighted by Crippen LogP contribution is -2.14. The maximum absolute atomic E-state index is 6.39. The van der Waals surface area contributed by atoms with E-state index in [4.69, 9.17) is 4.42 Å². The quantitative estimate of drug-likeness (QED) is 0.193. The number of rotatable bonds is 4. The van der Waals surface area contributed by atoms with Gasteiger partial charge in [0.25, 0.3) is 0 Å². The minimum absolute atomic E-state index is 0.0335. The Morgan fingerprint density at radius 2 is 1.10 bits per heavy atom. The summed E-state index contributed by atoms with van der Waals surface area (Å²) in [5.41, 5.74) is 13.0. The predicted molar refractivity (Wildman–Crippen MR) is 206 cm³/mol. The molecule has 0 saturated carbocycles. The molecule has 1 aliphatic rings. The number of furan rings is 1. The molecule has 0 bridgehead atoms. The van der Waals surface area contributed by atoms with Gasteiger partial charge in [0.1, 0.15) is 11.2 Å². The largest absolute Gasteiger partial charge is 0.456 e. The zero-order valence-electron chi connectivity index (χ0n) is 27.4. The average molecular weight is 628 g/mol. The highest BCUT2D eigenvalue weighted by Crippen LogP contribution is 2.50. The summed E-state index contributed by atoms with van der Waals surface area (Å²) in [6.45, 7) is 4.69. The van der Waals surface area contributed by atoms with Gasteiger partial charge in [0, 0.05) is 32.9 Å². The molecule has 2 nitrogen and oxygen atoms in total. The van der Waals surface area contributed by atoms with Gasteiger partial charge in [0.2, 0.25) is 0 Å². The van der Waals surface area contributed by atoms with Crippen LogP contribution in [-0.2, 0) is 5.41 Å². The van der Waals surface area contributed by atoms with Crippen molar-refractivity contribution in [1.29, 1.82) is 0 Å². The maximum atomic E-state index is 6.39. The summed E-state index contributed by atoms with van der Waals surface area (Å²) < 4.78 is 6.39. The van der Waals surface area contributed by atoms with Gasteiger partial charge in [0.15, 0.2) is 0 Å². The fourth-order valence-corrected chi connectivity index (χ4v) is 8.19. The molecule has 10 rings (SSSR count). The van der Waals surface area contributed by atoms with Crippen LogP contribution in [0, 0.1) is 0 Å². The summed E-state index contributed by atoms with van der Waals surface area (Å²) in [6, 6.07) is 59.5. The summed E-state index contributed by atoms with van der Waals surface area (Å²) in [4.78, 5) is 2.39. The van der Waals surface area contributed by atoms with Crippen molar-refractivity contribution in [3.63, 3.8) is 0 Å². The van der Waals surface area contributed by atoms with E-state index in [0.29, 0.717) is 0 Å². The van der Waals surface area contributed by atoms with Gasteiger partial charge in [-0.1, -0.05) is 129 Å². The number of hydrogen-bond donors (Lipinski definition) is 0. The van der Waals surface area contributed by atoms with Gasteiger partial charge in [-0.25, -0.2) is 0 Å². The van der Waals surface area contributed by atoms with Crippen LogP contribution in [0.3, 0.4) is 0 Å². The zero-order chi connectivity index (χ0) is 32.7. The molecule has 232 valence electrons. The lowest BCUT2D eigenvalue weighted by Gasteiger charge is -2.27. The highest BCUT2D eigenvalue weighted by Gasteiger charge is 2.35. The zero-order valence-corrected chi connectivity index (χ0v) is 27.4. The van der Waals surface area contributed by atoms with Crippen LogP contribution in [0.1, 0.15) is 25.0 Å². The van der Waals surface area contributed by atoms with Gasteiger partial charge in [-0.05, 0) is 98.1 Å². The third-order valence-electron chi connectivity index (χ3n) is 10.7. The van der Waals surface area contributed by atoms with E-state index in [1.54, 1.807) is 0 Å². The fraction of sp³-hybridized carbons (Fsp3) is 0.0638. The molecule has 2 heteroatoms. The van der Waals surface area contributed by atoms with Gasteiger partial charge in [-0.15, -0.1) is 0 Å². The Morgan fingerprint density at radius 3 is 1.96 bits per heavy atom. The molecular weight excluding hydrogens is 595 g/mol. The minimum Gasteiger partial charge on any atom is -0.456 e. The molecule has 49 heavy (non-hydrogen) atoms. The summed E-state index contributed by atoms with van der Waals surface area (Å²) in [5.74, 6) is 0. The van der Waals surface area contributed by atoms with Crippen LogP contribution >= 0.6 is 0 Å². The first-order valence-electron chi connectivity index (χ1n) is 17.0. The molecule has 0 unspecified atom stereocenters. The van der Waals surface area contributed by atoms with Crippen molar-refractivity contribution in [1.82, 2.24) is 0 Å². The molecule has 0 atom stereocenters. The fourth-order valence-electron chi connectivity index (χ4n) is 8.19. The summed E-state index contributed by atoms with van der Waals surface area (Å²) in [7, 11) is 0. The summed E-state index contributed by atoms with van der Waals surface area (Å²) >= 11 is 0. The van der Waals surface area contributed by atoms with E-state index in [2.05, 4.69) is 183 Å². The van der Waals surface area contributed by atoms with Crippen molar-refractivity contribution >= 4 is 60.5 Å². The van der Waals surface area contributed by atoms with Gasteiger partial charge >= 0.3 is 0 Å². The number of nitrogens with zero attached hydrogens (tertiary/aromatic N) is 1. The smallest absolute Gasteiger partial charge is 0.136 e. The standard InChI is InChI=1S/C47H33NO/c1-47(2)41-16-8-7-15-38(41)39-25-20-33(28-42(39)47)30-18-22-34(23-19-30)48(43-17-9-12-31-10-3-5-13-36(31)43)35-24-27-44-40(29-35)46-37-14-6-4-11-32(37)21-26-45(46)49-44/h3-29H,1-2H3. The second-order valence-electron chi connectivity index (χ2n) is 13.8. The number of hydrogen-bond acceptors (Lipinski definition) is 2. The Hall–Kier alpha value is -6.12. The normalized spacial score (nSPS) is 13.3. The lowest BCUT2D eigenvalue weighted by molar-refractivity contribution is 0.660. The first-order chi connectivity index (χ1) is 24.0. The van der Waals surface area contributed by atoms with E-state index in [0.717, 1.165) is 39.0 Å². The molecule has 1 heterocycles. The van der Waals surface area contributed by atoms with Crippen molar-refractivity contribution in [3.05, 3.63) is 175 Å². The van der Waals surface area contributed by atoms with E-state index >= 15 is 0 Å². The molecule has 0 amide bonds. The number of fused-ring (bicyclic) bond motifs is 9. The third kappa shape index (κ3) is 4.20. The second-order valence-corrected chi connectivity index (χ2v) is 13.8. The number of anilines is 3. The first kappa shape index (κ1) is 27.9. The monoisotopic (exact) mass is 627 g/mol. The number of benzene rings is 8. The summed E-state index contributed by atoms with van der Waals surface area (Å²) in [6.07, 6.45) is 0. The molecule has 8 aromatic carbocycles. The topological polar surface area (TPSA) is 16.4 Å². The van der Waals surface area contributed by atoms with Gasteiger partial charge in [-0.2, -0.15) is 0 Å². The third-order valence-corrected chi connectivity index (χ3v) is 10.7. The van der Waals surface area contributed by atoms with Crippen LogP contribution < -0.4 is 4.90 Å². The Balaban J connectivity index is 1.13. The second kappa shape index (κ2) is 10.4. The molecule has 0 radical (unpaired) electrons. The SMILES string of the molecule is CC1(C)c2ccccc2-c2ccc(-c3ccc(N(c4ccc5oc6ccc7ccccc7c6c5c4)c4cccc5ccccc45)cc3)cc21. The van der Waals surface area contributed by atoms with E-state index in [9.17, 15) is 0 Å². The Labute approximate surface area is 285 Å². The highest BCUT2D eigenvalue weighted by atomic mass is 16.3. The van der Waals surface area contributed by atoms with Gasteiger partial charge in [-0.3, -0.25) is 0 Å². The average Bonchev–Trinajstić information content (AvgIpc) is 3.64. The Bertz CT molecular complexity index is 2740. The van der Waals surface area contributed by atoms with Crippen molar-refractivity contribution in [2.45, 2.75) is 19.3 Å². The van der Waals surface area contributed by atoms with Gasteiger partial charge < -0.3 is 9.32 Å². The molecule has 0 aliphatic heterocycles. The Morgan fingerprint density at radius 1 is 0.449 bits per heavy atom. The van der Waals surface area contributed by atoms with Gasteiger partial charge in [0.05, 0.1) is 5.69 Å². The summed E-state index contributed by atoms with van der Waals surface area (Å²) in [5, 5.41) is 7.11. The molecule has 0 spiro atoms. The molecular formula is C47H33NO. The van der Waals surface area contributed by atoms with E-state index in [1.165, 1.54) is 54.9 Å². The van der Waals surface area contributed by atoms with Crippen LogP contribution in [0.5, 0.6) is 0 Å². The van der Waals surface area contributed by atoms with Crippen LogP contribution in [0.15, 0.2) is 168 Å². The van der Waals surface area contributed by atoms with E-state index in [1.807, 2.05) is 0 Å². The Kier molecular flexibility index (Phi) is 5.95. The van der Waals surface area contributed by atoms with Crippen molar-refractivity contribution in [2.75, 3.05) is 4.90 Å². The maximum Gasteiger partial charge on any atom is 0.136 e. The predicted octanol–water partition coefficient (Wildman–Crippen LogP) is 13.3. The van der Waals surface area contributed by atoms with Crippen molar-refractivity contribution < 1.29 is 4.42 Å². The minimum atomic E-state index is -0.0335. The van der Waals surface area contributed by atoms with E-state index in [-0.39, 0.29) is 5.41 Å².